The minimum absolute atomic E-state index is 0.252. The van der Waals surface area contributed by atoms with Gasteiger partial charge in [-0.25, -0.2) is 0 Å². The van der Waals surface area contributed by atoms with Gasteiger partial charge in [0.15, 0.2) is 0 Å². The van der Waals surface area contributed by atoms with Crippen molar-refractivity contribution in [1.29, 1.82) is 0 Å². The predicted octanol–water partition coefficient (Wildman–Crippen LogP) is 2.90. The molecule has 0 saturated carbocycles. The number of aryl methyl sites for hydroxylation is 1. The summed E-state index contributed by atoms with van der Waals surface area (Å²) < 4.78 is 0. The van der Waals surface area contributed by atoms with Crippen LogP contribution in [0, 0.1) is 6.92 Å². The maximum atomic E-state index is 9.43. The predicted molar refractivity (Wildman–Crippen MR) is 53.2 cm³/mol. The second kappa shape index (κ2) is 2.89. The summed E-state index contributed by atoms with van der Waals surface area (Å²) in [6.45, 7) is 1.83. The zero-order valence-corrected chi connectivity index (χ0v) is 7.84. The molecular weight excluding hydrogens is 186 g/mol. The minimum atomic E-state index is 0.252. The van der Waals surface area contributed by atoms with Crippen molar-refractivity contribution in [2.45, 2.75) is 6.92 Å². The number of benzene rings is 1. The van der Waals surface area contributed by atoms with Gasteiger partial charge in [0, 0.05) is 17.6 Å². The Morgan fingerprint density at radius 1 is 1.38 bits per heavy atom. The Kier molecular flexibility index (Phi) is 1.85. The van der Waals surface area contributed by atoms with E-state index in [0.717, 1.165) is 16.5 Å². The summed E-state index contributed by atoms with van der Waals surface area (Å²) in [5.41, 5.74) is 1.53. The van der Waals surface area contributed by atoms with Gasteiger partial charge in [-0.15, -0.1) is 0 Å². The third-order valence-corrected chi connectivity index (χ3v) is 2.34. The van der Waals surface area contributed by atoms with Gasteiger partial charge in [0.05, 0.1) is 10.5 Å². The van der Waals surface area contributed by atoms with E-state index in [2.05, 4.69) is 4.98 Å². The first-order chi connectivity index (χ1) is 6.18. The number of aromatic hydroxyl groups is 1. The first-order valence-electron chi connectivity index (χ1n) is 3.92. The van der Waals surface area contributed by atoms with Gasteiger partial charge >= 0.3 is 0 Å². The van der Waals surface area contributed by atoms with Crippen LogP contribution in [0.15, 0.2) is 24.4 Å². The third kappa shape index (κ3) is 1.33. The number of nitrogens with zero attached hydrogens (tertiary/aromatic N) is 1. The average Bonchev–Trinajstić information content (AvgIpc) is 2.09. The van der Waals surface area contributed by atoms with Gasteiger partial charge in [0.1, 0.15) is 5.75 Å². The number of rotatable bonds is 0. The zero-order valence-electron chi connectivity index (χ0n) is 7.08. The van der Waals surface area contributed by atoms with Crippen molar-refractivity contribution in [3.05, 3.63) is 35.0 Å². The molecule has 3 heteroatoms. The van der Waals surface area contributed by atoms with E-state index in [-0.39, 0.29) is 5.75 Å². The number of hydrogen-bond acceptors (Lipinski definition) is 2. The fraction of sp³-hybridized carbons (Fsp3) is 0.100. The van der Waals surface area contributed by atoms with Gasteiger partial charge in [0.2, 0.25) is 0 Å². The number of phenols is 1. The topological polar surface area (TPSA) is 33.1 Å². The fourth-order valence-corrected chi connectivity index (χ4v) is 1.46. The van der Waals surface area contributed by atoms with Gasteiger partial charge in [0.25, 0.3) is 0 Å². The van der Waals surface area contributed by atoms with E-state index in [9.17, 15) is 5.11 Å². The molecule has 13 heavy (non-hydrogen) atoms. The van der Waals surface area contributed by atoms with Crippen molar-refractivity contribution >= 4 is 22.5 Å². The van der Waals surface area contributed by atoms with Crippen LogP contribution in [-0.4, -0.2) is 10.1 Å². The van der Waals surface area contributed by atoms with Crippen LogP contribution in [0.5, 0.6) is 5.75 Å². The highest BCUT2D eigenvalue weighted by molar-refractivity contribution is 6.35. The maximum Gasteiger partial charge on any atom is 0.120 e. The first-order valence-corrected chi connectivity index (χ1v) is 4.30. The van der Waals surface area contributed by atoms with Gasteiger partial charge in [-0.05, 0) is 24.6 Å². The van der Waals surface area contributed by atoms with E-state index in [1.165, 1.54) is 0 Å². The molecule has 0 bridgehead atoms. The van der Waals surface area contributed by atoms with Crippen molar-refractivity contribution < 1.29 is 5.11 Å². The molecule has 1 heterocycles. The molecule has 0 saturated heterocycles. The first kappa shape index (κ1) is 8.32. The Bertz CT molecular complexity index is 468. The lowest BCUT2D eigenvalue weighted by Crippen LogP contribution is -1.81. The standard InChI is InChI=1S/C10H8ClNO/c1-6-4-7-8(11)2-3-12-9(7)5-10(6)13/h2-5,13H,1H3. The molecule has 0 amide bonds. The van der Waals surface area contributed by atoms with Crippen molar-refractivity contribution in [1.82, 2.24) is 4.98 Å². The van der Waals surface area contributed by atoms with Crippen LogP contribution in [0.3, 0.4) is 0 Å². The van der Waals surface area contributed by atoms with E-state index in [4.69, 9.17) is 11.6 Å². The Balaban J connectivity index is 2.89. The van der Waals surface area contributed by atoms with Crippen molar-refractivity contribution in [2.75, 3.05) is 0 Å². The number of hydrogen-bond donors (Lipinski definition) is 1. The maximum absolute atomic E-state index is 9.43. The molecule has 0 radical (unpaired) electrons. The highest BCUT2D eigenvalue weighted by Crippen LogP contribution is 2.27. The number of halogens is 1. The van der Waals surface area contributed by atoms with E-state index in [1.807, 2.05) is 13.0 Å². The number of pyridine rings is 1. The van der Waals surface area contributed by atoms with E-state index < -0.39 is 0 Å². The monoisotopic (exact) mass is 193 g/mol. The van der Waals surface area contributed by atoms with Gasteiger partial charge in [-0.1, -0.05) is 11.6 Å². The molecule has 2 aromatic rings. The van der Waals surface area contributed by atoms with Crippen LogP contribution in [0.2, 0.25) is 5.02 Å². The van der Waals surface area contributed by atoms with E-state index in [0.29, 0.717) is 5.02 Å². The Labute approximate surface area is 80.8 Å². The molecular formula is C10H8ClNO. The van der Waals surface area contributed by atoms with Crippen LogP contribution in [0.25, 0.3) is 10.9 Å². The minimum Gasteiger partial charge on any atom is -0.508 e. The molecule has 0 atom stereocenters. The summed E-state index contributed by atoms with van der Waals surface area (Å²) in [5.74, 6) is 0.252. The van der Waals surface area contributed by atoms with Crippen LogP contribution in [0.1, 0.15) is 5.56 Å². The summed E-state index contributed by atoms with van der Waals surface area (Å²) in [4.78, 5) is 4.10. The van der Waals surface area contributed by atoms with Crippen LogP contribution in [0.4, 0.5) is 0 Å². The molecule has 0 aliphatic heterocycles. The molecule has 0 aliphatic rings. The third-order valence-electron chi connectivity index (χ3n) is 2.01. The van der Waals surface area contributed by atoms with Gasteiger partial charge in [-0.2, -0.15) is 0 Å². The molecule has 2 nitrogen and oxygen atoms in total. The molecule has 1 N–H and O–H groups in total. The largest absolute Gasteiger partial charge is 0.508 e. The van der Waals surface area contributed by atoms with Crippen LogP contribution < -0.4 is 0 Å². The molecule has 1 aromatic heterocycles. The van der Waals surface area contributed by atoms with Crippen LogP contribution in [-0.2, 0) is 0 Å². The van der Waals surface area contributed by atoms with Gasteiger partial charge in [-0.3, -0.25) is 4.98 Å². The second-order valence-electron chi connectivity index (χ2n) is 2.95. The summed E-state index contributed by atoms with van der Waals surface area (Å²) >= 11 is 5.96. The summed E-state index contributed by atoms with van der Waals surface area (Å²) in [5, 5.41) is 11.0. The molecule has 1 aromatic carbocycles. The Morgan fingerprint density at radius 3 is 2.92 bits per heavy atom. The highest BCUT2D eigenvalue weighted by atomic mass is 35.5. The average molecular weight is 194 g/mol. The smallest absolute Gasteiger partial charge is 0.120 e. The molecule has 0 aliphatic carbocycles. The summed E-state index contributed by atoms with van der Waals surface area (Å²) in [6, 6.07) is 5.19. The molecule has 66 valence electrons. The van der Waals surface area contributed by atoms with E-state index >= 15 is 0 Å². The summed E-state index contributed by atoms with van der Waals surface area (Å²) in [6.07, 6.45) is 1.62. The van der Waals surface area contributed by atoms with Crippen molar-refractivity contribution in [3.63, 3.8) is 0 Å². The lowest BCUT2D eigenvalue weighted by Gasteiger charge is -2.02. The second-order valence-corrected chi connectivity index (χ2v) is 3.36. The fourth-order valence-electron chi connectivity index (χ4n) is 1.26. The Morgan fingerprint density at radius 2 is 2.15 bits per heavy atom. The number of fused-ring (bicyclic) bond motifs is 1. The Hall–Kier alpha value is -1.28. The van der Waals surface area contributed by atoms with Crippen molar-refractivity contribution in [2.24, 2.45) is 0 Å². The van der Waals surface area contributed by atoms with Crippen LogP contribution >= 0.6 is 11.6 Å². The highest BCUT2D eigenvalue weighted by Gasteiger charge is 2.03. The lowest BCUT2D eigenvalue weighted by molar-refractivity contribution is 0.472. The summed E-state index contributed by atoms with van der Waals surface area (Å²) in [7, 11) is 0. The van der Waals surface area contributed by atoms with Crippen molar-refractivity contribution in [3.8, 4) is 5.75 Å². The zero-order chi connectivity index (χ0) is 9.42. The van der Waals surface area contributed by atoms with Gasteiger partial charge < -0.3 is 5.11 Å². The molecule has 0 unspecified atom stereocenters. The quantitative estimate of drug-likeness (QED) is 0.698. The number of phenolic OH excluding ortho intramolecular Hbond substituents is 1. The molecule has 2 rings (SSSR count). The SMILES string of the molecule is Cc1cc2c(Cl)ccnc2cc1O. The number of aromatic nitrogens is 1. The molecule has 0 fully saturated rings. The normalized spacial score (nSPS) is 10.6. The lowest BCUT2D eigenvalue weighted by atomic mass is 10.1. The molecule has 0 spiro atoms. The van der Waals surface area contributed by atoms with E-state index in [1.54, 1.807) is 18.3 Å².